The molecule has 2 fully saturated rings. The zero-order valence-corrected chi connectivity index (χ0v) is 11.9. The van der Waals surface area contributed by atoms with Crippen LogP contribution >= 0.6 is 0 Å². The van der Waals surface area contributed by atoms with Crippen molar-refractivity contribution in [2.45, 2.75) is 25.3 Å². The van der Waals surface area contributed by atoms with Crippen LogP contribution in [0.2, 0.25) is 0 Å². The Labute approximate surface area is 120 Å². The van der Waals surface area contributed by atoms with E-state index in [0.717, 1.165) is 5.92 Å². The predicted molar refractivity (Wildman–Crippen MR) is 85.3 cm³/mol. The lowest BCUT2D eigenvalue weighted by Crippen LogP contribution is -2.39. The summed E-state index contributed by atoms with van der Waals surface area (Å²) in [6.45, 7) is 3.51. The van der Waals surface area contributed by atoms with E-state index < -0.39 is 0 Å². The molecule has 1 aliphatic heterocycles. The monoisotopic (exact) mass is 266 g/mol. The van der Waals surface area contributed by atoms with Gasteiger partial charge in [-0.05, 0) is 43.2 Å². The zero-order chi connectivity index (χ0) is 13.4. The van der Waals surface area contributed by atoms with Crippen LogP contribution in [0.5, 0.6) is 0 Å². The van der Waals surface area contributed by atoms with Crippen LogP contribution in [0.25, 0.3) is 10.8 Å². The summed E-state index contributed by atoms with van der Waals surface area (Å²) >= 11 is 0. The van der Waals surface area contributed by atoms with E-state index in [-0.39, 0.29) is 0 Å². The van der Waals surface area contributed by atoms with Crippen LogP contribution in [-0.2, 0) is 0 Å². The quantitative estimate of drug-likeness (QED) is 0.896. The van der Waals surface area contributed by atoms with Crippen LogP contribution in [0.3, 0.4) is 0 Å². The van der Waals surface area contributed by atoms with E-state index in [9.17, 15) is 0 Å². The molecule has 1 heterocycles. The lowest BCUT2D eigenvalue weighted by atomic mass is 10.1. The SMILES string of the molecule is c1ccc2c(N3CCCNC(C4CC4)C3)cccc2c1. The highest BCUT2D eigenvalue weighted by atomic mass is 15.2. The maximum absolute atomic E-state index is 3.75. The summed E-state index contributed by atoms with van der Waals surface area (Å²) in [5.41, 5.74) is 1.41. The van der Waals surface area contributed by atoms with Gasteiger partial charge in [0, 0.05) is 30.2 Å². The molecule has 0 amide bonds. The Kier molecular flexibility index (Phi) is 3.12. The highest BCUT2D eigenvalue weighted by molar-refractivity contribution is 5.94. The molecule has 1 unspecified atom stereocenters. The second-order valence-corrected chi connectivity index (χ2v) is 6.20. The fraction of sp³-hybridized carbons (Fsp3) is 0.444. The van der Waals surface area contributed by atoms with Gasteiger partial charge in [0.1, 0.15) is 0 Å². The van der Waals surface area contributed by atoms with E-state index in [4.69, 9.17) is 0 Å². The van der Waals surface area contributed by atoms with Crippen LogP contribution in [0, 0.1) is 5.92 Å². The summed E-state index contributed by atoms with van der Waals surface area (Å²) in [4.78, 5) is 2.60. The van der Waals surface area contributed by atoms with Crippen molar-refractivity contribution in [2.75, 3.05) is 24.5 Å². The van der Waals surface area contributed by atoms with Gasteiger partial charge in [-0.15, -0.1) is 0 Å². The van der Waals surface area contributed by atoms with E-state index in [1.165, 1.54) is 55.4 Å². The van der Waals surface area contributed by atoms with Crippen molar-refractivity contribution >= 4 is 16.5 Å². The summed E-state index contributed by atoms with van der Waals surface area (Å²) in [6.07, 6.45) is 4.08. The van der Waals surface area contributed by atoms with Gasteiger partial charge in [0.25, 0.3) is 0 Å². The Morgan fingerprint density at radius 2 is 1.85 bits per heavy atom. The molecule has 1 aliphatic carbocycles. The van der Waals surface area contributed by atoms with Gasteiger partial charge in [0.05, 0.1) is 0 Å². The van der Waals surface area contributed by atoms with E-state index in [1.54, 1.807) is 0 Å². The highest BCUT2D eigenvalue weighted by Crippen LogP contribution is 2.35. The lowest BCUT2D eigenvalue weighted by Gasteiger charge is -2.27. The summed E-state index contributed by atoms with van der Waals surface area (Å²) in [7, 11) is 0. The Morgan fingerprint density at radius 1 is 1.00 bits per heavy atom. The Bertz CT molecular complexity index is 598. The minimum absolute atomic E-state index is 0.691. The van der Waals surface area contributed by atoms with Gasteiger partial charge in [-0.3, -0.25) is 0 Å². The van der Waals surface area contributed by atoms with Gasteiger partial charge in [0.15, 0.2) is 0 Å². The second kappa shape index (κ2) is 5.10. The molecular formula is C18H22N2. The van der Waals surface area contributed by atoms with Gasteiger partial charge in [-0.25, -0.2) is 0 Å². The molecule has 4 rings (SSSR count). The van der Waals surface area contributed by atoms with E-state index >= 15 is 0 Å². The number of hydrogen-bond acceptors (Lipinski definition) is 2. The topological polar surface area (TPSA) is 15.3 Å². The van der Waals surface area contributed by atoms with Crippen LogP contribution in [0.15, 0.2) is 42.5 Å². The van der Waals surface area contributed by atoms with Crippen molar-refractivity contribution in [2.24, 2.45) is 5.92 Å². The summed E-state index contributed by atoms with van der Waals surface area (Å²) < 4.78 is 0. The van der Waals surface area contributed by atoms with E-state index in [2.05, 4.69) is 52.7 Å². The molecular weight excluding hydrogens is 244 g/mol. The van der Waals surface area contributed by atoms with Crippen LogP contribution in [0.4, 0.5) is 5.69 Å². The molecule has 0 spiro atoms. The predicted octanol–water partition coefficient (Wildman–Crippen LogP) is 3.42. The first-order chi connectivity index (χ1) is 9.92. The molecule has 0 radical (unpaired) electrons. The molecule has 104 valence electrons. The average molecular weight is 266 g/mol. The molecule has 1 N–H and O–H groups in total. The number of nitrogens with one attached hydrogen (secondary N) is 1. The molecule has 1 atom stereocenters. The van der Waals surface area contributed by atoms with Crippen molar-refractivity contribution < 1.29 is 0 Å². The summed E-state index contributed by atoms with van der Waals surface area (Å²) in [6, 6.07) is 16.1. The van der Waals surface area contributed by atoms with Gasteiger partial charge in [-0.2, -0.15) is 0 Å². The molecule has 20 heavy (non-hydrogen) atoms. The van der Waals surface area contributed by atoms with Gasteiger partial charge in [0.2, 0.25) is 0 Å². The minimum Gasteiger partial charge on any atom is -0.369 e. The summed E-state index contributed by atoms with van der Waals surface area (Å²) in [5, 5.41) is 6.50. The number of hydrogen-bond donors (Lipinski definition) is 1. The first kappa shape index (κ1) is 12.2. The fourth-order valence-electron chi connectivity index (χ4n) is 3.47. The lowest BCUT2D eigenvalue weighted by molar-refractivity contribution is 0.490. The van der Waals surface area contributed by atoms with Gasteiger partial charge < -0.3 is 10.2 Å². The molecule has 0 aromatic heterocycles. The average Bonchev–Trinajstić information content (AvgIpc) is 3.32. The number of benzene rings is 2. The zero-order valence-electron chi connectivity index (χ0n) is 11.9. The maximum atomic E-state index is 3.75. The highest BCUT2D eigenvalue weighted by Gasteiger charge is 2.33. The van der Waals surface area contributed by atoms with Crippen molar-refractivity contribution in [1.82, 2.24) is 5.32 Å². The van der Waals surface area contributed by atoms with E-state index in [1.807, 2.05) is 0 Å². The normalized spacial score (nSPS) is 23.8. The number of anilines is 1. The molecule has 2 nitrogen and oxygen atoms in total. The Morgan fingerprint density at radius 3 is 2.75 bits per heavy atom. The Balaban J connectivity index is 1.69. The molecule has 0 bridgehead atoms. The third-order valence-corrected chi connectivity index (χ3v) is 4.73. The molecule has 2 aromatic carbocycles. The van der Waals surface area contributed by atoms with E-state index in [0.29, 0.717) is 6.04 Å². The minimum atomic E-state index is 0.691. The third kappa shape index (κ3) is 2.29. The maximum Gasteiger partial charge on any atom is 0.0446 e. The second-order valence-electron chi connectivity index (χ2n) is 6.20. The first-order valence-corrected chi connectivity index (χ1v) is 7.88. The molecule has 2 aliphatic rings. The van der Waals surface area contributed by atoms with Gasteiger partial charge >= 0.3 is 0 Å². The van der Waals surface area contributed by atoms with Crippen LogP contribution in [-0.4, -0.2) is 25.7 Å². The third-order valence-electron chi connectivity index (χ3n) is 4.73. The Hall–Kier alpha value is -1.54. The van der Waals surface area contributed by atoms with Gasteiger partial charge in [-0.1, -0.05) is 36.4 Å². The fourth-order valence-corrected chi connectivity index (χ4v) is 3.47. The van der Waals surface area contributed by atoms with Crippen LogP contribution < -0.4 is 10.2 Å². The largest absolute Gasteiger partial charge is 0.369 e. The first-order valence-electron chi connectivity index (χ1n) is 7.88. The standard InChI is InChI=1S/C18H22N2/c1-2-7-16-14(5-1)6-3-8-18(16)20-12-4-11-19-17(13-20)15-9-10-15/h1-3,5-8,15,17,19H,4,9-13H2. The smallest absolute Gasteiger partial charge is 0.0446 e. The summed E-state index contributed by atoms with van der Waals surface area (Å²) in [5.74, 6) is 0.922. The number of fused-ring (bicyclic) bond motifs is 1. The number of rotatable bonds is 2. The van der Waals surface area contributed by atoms with Crippen molar-refractivity contribution in [3.05, 3.63) is 42.5 Å². The van der Waals surface area contributed by atoms with Crippen LogP contribution in [0.1, 0.15) is 19.3 Å². The molecule has 1 saturated carbocycles. The molecule has 2 aromatic rings. The molecule has 1 saturated heterocycles. The van der Waals surface area contributed by atoms with Crippen molar-refractivity contribution in [1.29, 1.82) is 0 Å². The van der Waals surface area contributed by atoms with Crippen molar-refractivity contribution in [3.63, 3.8) is 0 Å². The molecule has 2 heteroatoms. The number of nitrogens with zero attached hydrogens (tertiary/aromatic N) is 1. The van der Waals surface area contributed by atoms with Crippen molar-refractivity contribution in [3.8, 4) is 0 Å².